The normalized spacial score (nSPS) is 36.0. The quantitative estimate of drug-likeness (QED) is 0.374. The van der Waals surface area contributed by atoms with Gasteiger partial charge in [0.05, 0.1) is 18.6 Å². The highest BCUT2D eigenvalue weighted by Crippen LogP contribution is 2.19. The average Bonchev–Trinajstić information content (AvgIpc) is 1.60. The van der Waals surface area contributed by atoms with Crippen LogP contribution in [0.15, 0.2) is 0 Å². The number of carbonyl (C=O) groups excluding carboxylic acids is 1. The van der Waals surface area contributed by atoms with Crippen molar-refractivity contribution in [3.8, 4) is 0 Å². The van der Waals surface area contributed by atoms with E-state index in [4.69, 9.17) is 0 Å². The summed E-state index contributed by atoms with van der Waals surface area (Å²) in [5.41, 5.74) is -0.824. The van der Waals surface area contributed by atoms with Gasteiger partial charge in [0.15, 0.2) is 0 Å². The van der Waals surface area contributed by atoms with Crippen LogP contribution in [0.2, 0.25) is 0 Å². The van der Waals surface area contributed by atoms with Crippen LogP contribution in [0.1, 0.15) is 19.8 Å². The van der Waals surface area contributed by atoms with Crippen LogP contribution < -0.4 is 0 Å². The van der Waals surface area contributed by atoms with Gasteiger partial charge < -0.3 is 9.84 Å². The summed E-state index contributed by atoms with van der Waals surface area (Å²) < 4.78 is 4.61. The molecule has 0 aromatic carbocycles. The molecule has 0 saturated carbocycles. The highest BCUT2D eigenvalue weighted by Gasteiger charge is 2.29. The molecule has 0 amide bonds. The Morgan fingerprint density at radius 2 is 2.44 bits per heavy atom. The number of hydrogen-bond donors (Lipinski definition) is 1. The molecule has 1 aliphatic heterocycles. The maximum atomic E-state index is 10.5. The van der Waals surface area contributed by atoms with Gasteiger partial charge in [-0.05, 0) is 6.92 Å². The van der Waals surface area contributed by atoms with Crippen LogP contribution in [0.3, 0.4) is 0 Å². The first-order valence-corrected chi connectivity index (χ1v) is 2.98. The lowest BCUT2D eigenvalue weighted by atomic mass is 10.0. The molecule has 0 aliphatic carbocycles. The number of aliphatic hydroxyl groups is 1. The van der Waals surface area contributed by atoms with Gasteiger partial charge in [-0.3, -0.25) is 4.79 Å². The molecule has 0 radical (unpaired) electrons. The summed E-state index contributed by atoms with van der Waals surface area (Å²) >= 11 is 0. The fourth-order valence-electron chi connectivity index (χ4n) is 0.835. The van der Waals surface area contributed by atoms with Gasteiger partial charge in [-0.2, -0.15) is 0 Å². The molecule has 3 heteroatoms. The lowest BCUT2D eigenvalue weighted by molar-refractivity contribution is -0.157. The molecule has 1 N–H and O–H groups in total. The molecule has 9 heavy (non-hydrogen) atoms. The molecule has 1 saturated heterocycles. The predicted octanol–water partition coefficient (Wildman–Crippen LogP) is 0.0744. The Balaban J connectivity index is 2.51. The summed E-state index contributed by atoms with van der Waals surface area (Å²) in [4.78, 5) is 10.5. The van der Waals surface area contributed by atoms with E-state index in [9.17, 15) is 9.90 Å². The molecule has 1 heterocycles. The molecule has 1 rings (SSSR count). The highest BCUT2D eigenvalue weighted by molar-refractivity contribution is 5.71. The zero-order chi connectivity index (χ0) is 6.91. The maximum absolute atomic E-state index is 10.5. The van der Waals surface area contributed by atoms with Gasteiger partial charge in [-0.15, -0.1) is 0 Å². The van der Waals surface area contributed by atoms with E-state index in [0.717, 1.165) is 0 Å². The minimum atomic E-state index is -0.824. The van der Waals surface area contributed by atoms with E-state index in [1.165, 1.54) is 0 Å². The maximum Gasteiger partial charge on any atom is 0.308 e. The fourth-order valence-corrected chi connectivity index (χ4v) is 0.835. The smallest absolute Gasteiger partial charge is 0.308 e. The van der Waals surface area contributed by atoms with Crippen LogP contribution in [0.25, 0.3) is 0 Å². The third-order valence-corrected chi connectivity index (χ3v) is 1.43. The van der Waals surface area contributed by atoms with Gasteiger partial charge in [0.1, 0.15) is 0 Å². The molecular weight excluding hydrogens is 121 g/mol. The zero-order valence-electron chi connectivity index (χ0n) is 5.39. The molecule has 1 aliphatic rings. The van der Waals surface area contributed by atoms with E-state index in [2.05, 4.69) is 4.74 Å². The molecule has 1 unspecified atom stereocenters. The van der Waals surface area contributed by atoms with Gasteiger partial charge >= 0.3 is 5.97 Å². The van der Waals surface area contributed by atoms with Crippen LogP contribution in [-0.4, -0.2) is 23.3 Å². The first kappa shape index (κ1) is 6.55. The summed E-state index contributed by atoms with van der Waals surface area (Å²) in [7, 11) is 0. The predicted molar refractivity (Wildman–Crippen MR) is 30.8 cm³/mol. The second-order valence-electron chi connectivity index (χ2n) is 2.64. The van der Waals surface area contributed by atoms with Crippen LogP contribution in [0.4, 0.5) is 0 Å². The Kier molecular flexibility index (Phi) is 1.45. The molecule has 3 nitrogen and oxygen atoms in total. The van der Waals surface area contributed by atoms with E-state index in [1.54, 1.807) is 6.92 Å². The van der Waals surface area contributed by atoms with E-state index in [1.807, 2.05) is 0 Å². The summed E-state index contributed by atoms with van der Waals surface area (Å²) in [5.74, 6) is -0.300. The summed E-state index contributed by atoms with van der Waals surface area (Å²) in [6, 6.07) is 0. The van der Waals surface area contributed by atoms with Crippen LogP contribution >= 0.6 is 0 Å². The van der Waals surface area contributed by atoms with Gasteiger partial charge in [0, 0.05) is 6.42 Å². The minimum Gasteiger partial charge on any atom is -0.465 e. The number of hydrogen-bond acceptors (Lipinski definition) is 3. The Labute approximate surface area is 53.6 Å². The van der Waals surface area contributed by atoms with Crippen LogP contribution in [0.5, 0.6) is 0 Å². The number of ether oxygens (including phenoxy) is 1. The first-order chi connectivity index (χ1) is 4.10. The molecule has 0 aromatic heterocycles. The number of cyclic esters (lactones) is 1. The molecule has 0 aromatic rings. The monoisotopic (exact) mass is 131 g/mol. The van der Waals surface area contributed by atoms with Crippen LogP contribution in [-0.2, 0) is 9.53 Å². The van der Waals surface area contributed by atoms with Crippen LogP contribution in [0, 0.1) is 0 Å². The number of esters is 1. The first-order valence-electron chi connectivity index (χ1n) is 2.98. The van der Waals surface area contributed by atoms with Crippen molar-refractivity contribution in [3.63, 3.8) is 0 Å². The fraction of sp³-hybridized carbons (Fsp3) is 0.833. The Morgan fingerprint density at radius 1 is 1.78 bits per heavy atom. The van der Waals surface area contributed by atoms with Crippen molar-refractivity contribution in [1.82, 2.24) is 0 Å². The Bertz CT molecular complexity index is 128. The third kappa shape index (κ3) is 1.68. The van der Waals surface area contributed by atoms with Gasteiger partial charge in [-0.1, -0.05) is 0 Å². The SMILES string of the molecule is CC1(O)CCO[13C](=O)C1. The van der Waals surface area contributed by atoms with E-state index in [-0.39, 0.29) is 12.4 Å². The Morgan fingerprint density at radius 3 is 2.78 bits per heavy atom. The molecule has 1 atom stereocenters. The molecular formula is C6H10O3. The minimum absolute atomic E-state index is 0.132. The van der Waals surface area contributed by atoms with Crippen molar-refractivity contribution < 1.29 is 14.6 Å². The van der Waals surface area contributed by atoms with Crippen molar-refractivity contribution in [2.24, 2.45) is 0 Å². The molecule has 0 spiro atoms. The van der Waals surface area contributed by atoms with Gasteiger partial charge in [0.25, 0.3) is 0 Å². The molecule has 0 bridgehead atoms. The van der Waals surface area contributed by atoms with Crippen molar-refractivity contribution in [1.29, 1.82) is 0 Å². The average molecular weight is 131 g/mol. The number of rotatable bonds is 0. The van der Waals surface area contributed by atoms with E-state index in [0.29, 0.717) is 13.0 Å². The summed E-state index contributed by atoms with van der Waals surface area (Å²) in [5, 5.41) is 9.24. The molecule has 1 fully saturated rings. The van der Waals surface area contributed by atoms with Crippen molar-refractivity contribution >= 4 is 5.97 Å². The van der Waals surface area contributed by atoms with E-state index < -0.39 is 5.60 Å². The molecule has 52 valence electrons. The summed E-state index contributed by atoms with van der Waals surface area (Å²) in [6.45, 7) is 2.00. The lowest BCUT2D eigenvalue weighted by Crippen LogP contribution is -2.35. The third-order valence-electron chi connectivity index (χ3n) is 1.43. The zero-order valence-corrected chi connectivity index (χ0v) is 5.39. The number of carbonyl (C=O) groups is 1. The largest absolute Gasteiger partial charge is 0.465 e. The standard InChI is InChI=1S/C6H10O3/c1-6(8)2-3-9-5(7)4-6/h8H,2-4H2,1H3/i5+1. The van der Waals surface area contributed by atoms with Crippen molar-refractivity contribution in [3.05, 3.63) is 0 Å². The second kappa shape index (κ2) is 1.99. The topological polar surface area (TPSA) is 46.5 Å². The van der Waals surface area contributed by atoms with Gasteiger partial charge in [-0.25, -0.2) is 0 Å². The van der Waals surface area contributed by atoms with Gasteiger partial charge in [0.2, 0.25) is 0 Å². The summed E-state index contributed by atoms with van der Waals surface area (Å²) in [6.07, 6.45) is 0.686. The lowest BCUT2D eigenvalue weighted by Gasteiger charge is -2.26. The van der Waals surface area contributed by atoms with Crippen molar-refractivity contribution in [2.75, 3.05) is 6.61 Å². The second-order valence-corrected chi connectivity index (χ2v) is 2.64. The highest BCUT2D eigenvalue weighted by atomic mass is 16.6. The van der Waals surface area contributed by atoms with Crippen molar-refractivity contribution in [2.45, 2.75) is 25.4 Å². The Hall–Kier alpha value is -0.570. The van der Waals surface area contributed by atoms with E-state index >= 15 is 0 Å².